The molecule has 1 aromatic carbocycles. The fourth-order valence-electron chi connectivity index (χ4n) is 1.05. The molecular weight excluding hydrogens is 258 g/mol. The Hall–Kier alpha value is -0.740. The summed E-state index contributed by atoms with van der Waals surface area (Å²) in [7, 11) is 0. The summed E-state index contributed by atoms with van der Waals surface area (Å²) in [6, 6.07) is 4.65. The van der Waals surface area contributed by atoms with Gasteiger partial charge in [0.05, 0.1) is 0 Å². The lowest BCUT2D eigenvalue weighted by Gasteiger charge is -2.00. The first kappa shape index (κ1) is 8.84. The lowest BCUT2D eigenvalue weighted by Crippen LogP contribution is -1.89. The second-order valence-electron chi connectivity index (χ2n) is 2.42. The van der Waals surface area contributed by atoms with Crippen molar-refractivity contribution in [2.24, 2.45) is 0 Å². The maximum atomic E-state index is 13.2. The molecule has 0 aliphatic heterocycles. The monoisotopic (exact) mass is 260 g/mol. The van der Waals surface area contributed by atoms with E-state index in [0.29, 0.717) is 9.99 Å². The fourth-order valence-corrected chi connectivity index (χ4v) is 1.81. The Morgan fingerprint density at radius 1 is 1.31 bits per heavy atom. The molecule has 0 amide bonds. The zero-order chi connectivity index (χ0) is 9.42. The number of rotatable bonds is 0. The maximum Gasteiger partial charge on any atom is 0.224 e. The van der Waals surface area contributed by atoms with Crippen molar-refractivity contribution < 1.29 is 4.39 Å². The Morgan fingerprint density at radius 2 is 2.08 bits per heavy atom. The van der Waals surface area contributed by atoms with E-state index in [2.05, 4.69) is 25.9 Å². The van der Waals surface area contributed by atoms with Crippen molar-refractivity contribution in [1.29, 1.82) is 0 Å². The highest BCUT2D eigenvalue weighted by atomic mass is 79.9. The van der Waals surface area contributed by atoms with Gasteiger partial charge in [-0.1, -0.05) is 6.07 Å². The lowest BCUT2D eigenvalue weighted by atomic mass is 10.2. The van der Waals surface area contributed by atoms with Gasteiger partial charge < -0.3 is 0 Å². The van der Waals surface area contributed by atoms with E-state index in [0.717, 1.165) is 0 Å². The second-order valence-corrected chi connectivity index (χ2v) is 3.51. The summed E-state index contributed by atoms with van der Waals surface area (Å²) in [6.45, 7) is 0. The quantitative estimate of drug-likeness (QED) is 0.538. The first-order chi connectivity index (χ1) is 6.18. The van der Waals surface area contributed by atoms with Crippen LogP contribution in [-0.2, 0) is 0 Å². The predicted octanol–water partition coefficient (Wildman–Crippen LogP) is 3.18. The molecule has 5 heteroatoms. The average molecular weight is 261 g/mol. The van der Waals surface area contributed by atoms with Gasteiger partial charge >= 0.3 is 0 Å². The van der Waals surface area contributed by atoms with Gasteiger partial charge in [0.25, 0.3) is 0 Å². The summed E-state index contributed by atoms with van der Waals surface area (Å²) in [4.78, 5) is 7.63. The number of aromatic nitrogens is 2. The minimum Gasteiger partial charge on any atom is -0.215 e. The Balaban J connectivity index is 2.94. The van der Waals surface area contributed by atoms with Crippen LogP contribution in [0, 0.1) is 5.82 Å². The first-order valence-corrected chi connectivity index (χ1v) is 4.63. The molecule has 0 bridgehead atoms. The Morgan fingerprint density at radius 3 is 2.85 bits per heavy atom. The van der Waals surface area contributed by atoms with E-state index in [1.54, 1.807) is 12.1 Å². The van der Waals surface area contributed by atoms with Crippen molar-refractivity contribution in [3.63, 3.8) is 0 Å². The molecule has 0 N–H and O–H groups in total. The zero-order valence-electron chi connectivity index (χ0n) is 6.26. The molecule has 0 saturated heterocycles. The van der Waals surface area contributed by atoms with Crippen molar-refractivity contribution >= 4 is 38.4 Å². The van der Waals surface area contributed by atoms with E-state index in [9.17, 15) is 4.39 Å². The Bertz CT molecular complexity index is 475. The smallest absolute Gasteiger partial charge is 0.215 e. The fraction of sp³-hybridized carbons (Fsp3) is 0. The van der Waals surface area contributed by atoms with Crippen LogP contribution in [-0.4, -0.2) is 9.97 Å². The molecule has 0 atom stereocenters. The zero-order valence-corrected chi connectivity index (χ0v) is 8.60. The molecule has 1 heterocycles. The average Bonchev–Trinajstić information content (AvgIpc) is 2.07. The second kappa shape index (κ2) is 3.20. The van der Waals surface area contributed by atoms with Gasteiger partial charge in [0, 0.05) is 5.39 Å². The largest absolute Gasteiger partial charge is 0.224 e. The van der Waals surface area contributed by atoms with Gasteiger partial charge in [0.1, 0.15) is 15.9 Å². The summed E-state index contributed by atoms with van der Waals surface area (Å²) >= 11 is 8.76. The third kappa shape index (κ3) is 1.51. The van der Waals surface area contributed by atoms with Crippen LogP contribution in [0.2, 0.25) is 5.28 Å². The van der Waals surface area contributed by atoms with E-state index in [1.807, 2.05) is 0 Å². The predicted molar refractivity (Wildman–Crippen MR) is 52.2 cm³/mol. The third-order valence-electron chi connectivity index (χ3n) is 1.60. The number of halogens is 3. The molecule has 2 rings (SSSR count). The van der Waals surface area contributed by atoms with Crippen LogP contribution in [0.4, 0.5) is 4.39 Å². The molecule has 0 aliphatic carbocycles. The summed E-state index contributed by atoms with van der Waals surface area (Å²) in [6.07, 6.45) is 0. The molecule has 2 nitrogen and oxygen atoms in total. The lowest BCUT2D eigenvalue weighted by molar-refractivity contribution is 0.636. The highest BCUT2D eigenvalue weighted by Crippen LogP contribution is 2.23. The highest BCUT2D eigenvalue weighted by molar-refractivity contribution is 9.10. The number of benzene rings is 1. The summed E-state index contributed by atoms with van der Waals surface area (Å²) in [5.41, 5.74) is 0.231. The van der Waals surface area contributed by atoms with E-state index in [-0.39, 0.29) is 10.8 Å². The molecule has 2 aromatic rings. The van der Waals surface area contributed by atoms with Gasteiger partial charge in [-0.3, -0.25) is 0 Å². The van der Waals surface area contributed by atoms with Crippen LogP contribution in [0.25, 0.3) is 10.9 Å². The number of hydrogen-bond donors (Lipinski definition) is 0. The summed E-state index contributed by atoms with van der Waals surface area (Å²) in [5.74, 6) is -0.400. The van der Waals surface area contributed by atoms with Crippen LogP contribution >= 0.6 is 27.5 Å². The maximum absolute atomic E-state index is 13.2. The minimum atomic E-state index is -0.400. The minimum absolute atomic E-state index is 0.0319. The van der Waals surface area contributed by atoms with Crippen molar-refractivity contribution in [3.05, 3.63) is 33.9 Å². The van der Waals surface area contributed by atoms with Crippen molar-refractivity contribution in [3.8, 4) is 0 Å². The number of hydrogen-bond acceptors (Lipinski definition) is 2. The standard InChI is InChI=1S/C8H3BrClFN2/c9-7-4-2-1-3-5(11)6(4)12-8(10)13-7/h1-3H. The SMILES string of the molecule is Fc1cccc2c(Br)nc(Cl)nc12. The molecule has 13 heavy (non-hydrogen) atoms. The van der Waals surface area contributed by atoms with E-state index in [4.69, 9.17) is 11.6 Å². The normalized spacial score (nSPS) is 10.7. The van der Waals surface area contributed by atoms with E-state index in [1.165, 1.54) is 6.07 Å². The van der Waals surface area contributed by atoms with Crippen LogP contribution in [0.15, 0.2) is 22.8 Å². The number of nitrogens with zero attached hydrogens (tertiary/aromatic N) is 2. The summed E-state index contributed by atoms with van der Waals surface area (Å²) < 4.78 is 13.7. The molecule has 0 saturated carbocycles. The van der Waals surface area contributed by atoms with Crippen LogP contribution < -0.4 is 0 Å². The van der Waals surface area contributed by atoms with Gasteiger partial charge in [0.2, 0.25) is 5.28 Å². The van der Waals surface area contributed by atoms with Gasteiger partial charge in [-0.2, -0.15) is 0 Å². The first-order valence-electron chi connectivity index (χ1n) is 3.46. The highest BCUT2D eigenvalue weighted by Gasteiger charge is 2.07. The number of fused-ring (bicyclic) bond motifs is 1. The van der Waals surface area contributed by atoms with Gasteiger partial charge in [-0.15, -0.1) is 0 Å². The van der Waals surface area contributed by atoms with Gasteiger partial charge in [-0.05, 0) is 39.7 Å². The van der Waals surface area contributed by atoms with Crippen LogP contribution in [0.3, 0.4) is 0 Å². The molecule has 0 spiro atoms. The van der Waals surface area contributed by atoms with Crippen molar-refractivity contribution in [2.75, 3.05) is 0 Å². The molecule has 1 aromatic heterocycles. The molecular formula is C8H3BrClFN2. The third-order valence-corrected chi connectivity index (χ3v) is 2.38. The molecule has 0 aliphatic rings. The molecule has 0 unspecified atom stereocenters. The van der Waals surface area contributed by atoms with Crippen molar-refractivity contribution in [1.82, 2.24) is 9.97 Å². The van der Waals surface area contributed by atoms with Crippen LogP contribution in [0.1, 0.15) is 0 Å². The van der Waals surface area contributed by atoms with E-state index < -0.39 is 5.82 Å². The van der Waals surface area contributed by atoms with Crippen molar-refractivity contribution in [2.45, 2.75) is 0 Å². The summed E-state index contributed by atoms with van der Waals surface area (Å²) in [5, 5.41) is 0.647. The van der Waals surface area contributed by atoms with Crippen LogP contribution in [0.5, 0.6) is 0 Å². The van der Waals surface area contributed by atoms with E-state index >= 15 is 0 Å². The number of para-hydroxylation sites is 1. The van der Waals surface area contributed by atoms with Gasteiger partial charge in [-0.25, -0.2) is 14.4 Å². The van der Waals surface area contributed by atoms with Gasteiger partial charge in [0.15, 0.2) is 0 Å². The molecule has 66 valence electrons. The Kier molecular flexibility index (Phi) is 2.17. The topological polar surface area (TPSA) is 25.8 Å². The Labute approximate surface area is 86.9 Å². The molecule has 0 fully saturated rings. The molecule has 0 radical (unpaired) electrons.